The summed E-state index contributed by atoms with van der Waals surface area (Å²) in [7, 11) is -3.72. The molecule has 0 atom stereocenters. The molecule has 0 saturated heterocycles. The van der Waals surface area contributed by atoms with Crippen LogP contribution in [-0.4, -0.2) is 13.5 Å². The van der Waals surface area contributed by atoms with Gasteiger partial charge >= 0.3 is 0 Å². The number of hydrogen-bond donors (Lipinski definition) is 2. The average Bonchev–Trinajstić information content (AvgIpc) is 2.47. The number of benzene rings is 2. The summed E-state index contributed by atoms with van der Waals surface area (Å²) in [6.45, 7) is 1.91. The van der Waals surface area contributed by atoms with E-state index in [-0.39, 0.29) is 23.1 Å². The summed E-state index contributed by atoms with van der Waals surface area (Å²) in [5.74, 6) is 0. The third kappa shape index (κ3) is 4.04. The molecule has 6 heteroatoms. The molecule has 0 unspecified atom stereocenters. The molecule has 0 heterocycles. The van der Waals surface area contributed by atoms with Crippen molar-refractivity contribution in [2.75, 3.05) is 0 Å². The lowest BCUT2D eigenvalue weighted by molar-refractivity contribution is 0.281. The molecule has 0 bridgehead atoms. The van der Waals surface area contributed by atoms with Crippen LogP contribution >= 0.6 is 11.6 Å². The molecule has 0 aliphatic carbocycles. The summed E-state index contributed by atoms with van der Waals surface area (Å²) in [5, 5.41) is 9.22. The minimum atomic E-state index is -3.72. The summed E-state index contributed by atoms with van der Waals surface area (Å²) in [6, 6.07) is 12.0. The van der Waals surface area contributed by atoms with Gasteiger partial charge in [0.05, 0.1) is 11.6 Å². The Hall–Kier alpha value is -1.40. The Morgan fingerprint density at radius 2 is 1.71 bits per heavy atom. The zero-order valence-electron chi connectivity index (χ0n) is 11.5. The highest BCUT2D eigenvalue weighted by molar-refractivity contribution is 7.89. The lowest BCUT2D eigenvalue weighted by Gasteiger charge is -2.10. The number of hydrogen-bond acceptors (Lipinski definition) is 3. The van der Waals surface area contributed by atoms with Gasteiger partial charge in [-0.1, -0.05) is 47.5 Å². The first-order chi connectivity index (χ1) is 9.92. The lowest BCUT2D eigenvalue weighted by atomic mass is 10.2. The van der Waals surface area contributed by atoms with Crippen molar-refractivity contribution in [3.63, 3.8) is 0 Å². The van der Waals surface area contributed by atoms with Gasteiger partial charge < -0.3 is 5.11 Å². The smallest absolute Gasteiger partial charge is 0.242 e. The second kappa shape index (κ2) is 6.58. The fourth-order valence-electron chi connectivity index (χ4n) is 1.81. The number of halogens is 1. The lowest BCUT2D eigenvalue weighted by Crippen LogP contribution is -2.23. The van der Waals surface area contributed by atoms with Crippen LogP contribution in [-0.2, 0) is 23.2 Å². The van der Waals surface area contributed by atoms with E-state index in [4.69, 9.17) is 16.7 Å². The first-order valence-corrected chi connectivity index (χ1v) is 8.23. The molecule has 4 nitrogen and oxygen atoms in total. The highest BCUT2D eigenvalue weighted by Gasteiger charge is 2.18. The van der Waals surface area contributed by atoms with Gasteiger partial charge in [0, 0.05) is 6.54 Å². The van der Waals surface area contributed by atoms with E-state index in [1.807, 2.05) is 31.2 Å². The average molecular weight is 326 g/mol. The molecule has 2 N–H and O–H groups in total. The molecule has 0 radical (unpaired) electrons. The van der Waals surface area contributed by atoms with Crippen LogP contribution in [0.4, 0.5) is 0 Å². The molecule has 0 aromatic heterocycles. The topological polar surface area (TPSA) is 66.4 Å². The Labute approximate surface area is 129 Å². The van der Waals surface area contributed by atoms with E-state index in [1.54, 1.807) is 6.07 Å². The van der Waals surface area contributed by atoms with Crippen LogP contribution < -0.4 is 4.72 Å². The quantitative estimate of drug-likeness (QED) is 0.888. The number of rotatable bonds is 5. The van der Waals surface area contributed by atoms with E-state index in [9.17, 15) is 8.42 Å². The molecule has 0 aliphatic rings. The van der Waals surface area contributed by atoms with E-state index in [1.165, 1.54) is 12.1 Å². The van der Waals surface area contributed by atoms with Gasteiger partial charge in [-0.2, -0.15) is 0 Å². The monoisotopic (exact) mass is 325 g/mol. The second-order valence-electron chi connectivity index (χ2n) is 4.73. The van der Waals surface area contributed by atoms with Crippen LogP contribution in [0.15, 0.2) is 47.4 Å². The van der Waals surface area contributed by atoms with Crippen molar-refractivity contribution in [1.29, 1.82) is 0 Å². The van der Waals surface area contributed by atoms with Gasteiger partial charge in [-0.3, -0.25) is 0 Å². The summed E-state index contributed by atoms with van der Waals surface area (Å²) in [5.41, 5.74) is 2.47. The molecule has 0 spiro atoms. The highest BCUT2D eigenvalue weighted by atomic mass is 35.5. The third-order valence-electron chi connectivity index (χ3n) is 3.05. The fraction of sp³-hybridized carbons (Fsp3) is 0.200. The van der Waals surface area contributed by atoms with Crippen LogP contribution in [0.3, 0.4) is 0 Å². The van der Waals surface area contributed by atoms with E-state index in [0.29, 0.717) is 5.56 Å². The molecule has 0 amide bonds. The first-order valence-electron chi connectivity index (χ1n) is 6.37. The number of aryl methyl sites for hydroxylation is 1. The fourth-order valence-corrected chi connectivity index (χ4v) is 3.38. The van der Waals surface area contributed by atoms with Crippen molar-refractivity contribution in [3.8, 4) is 0 Å². The molecular formula is C15H16ClNO3S. The number of nitrogens with one attached hydrogen (secondary N) is 1. The molecular weight excluding hydrogens is 310 g/mol. The van der Waals surface area contributed by atoms with Gasteiger partial charge in [0.15, 0.2) is 0 Å². The van der Waals surface area contributed by atoms with Crippen LogP contribution in [0.2, 0.25) is 5.02 Å². The van der Waals surface area contributed by atoms with Crippen LogP contribution in [0, 0.1) is 6.92 Å². The van der Waals surface area contributed by atoms with E-state index in [2.05, 4.69) is 4.72 Å². The number of sulfonamides is 1. The van der Waals surface area contributed by atoms with Crippen molar-refractivity contribution < 1.29 is 13.5 Å². The van der Waals surface area contributed by atoms with Gasteiger partial charge in [0.2, 0.25) is 10.0 Å². The van der Waals surface area contributed by atoms with Gasteiger partial charge in [0.1, 0.15) is 4.90 Å². The van der Waals surface area contributed by atoms with Crippen LogP contribution in [0.5, 0.6) is 0 Å². The molecule has 2 aromatic rings. The predicted molar refractivity (Wildman–Crippen MR) is 82.6 cm³/mol. The minimum Gasteiger partial charge on any atom is -0.392 e. The predicted octanol–water partition coefficient (Wildman–Crippen LogP) is 2.62. The van der Waals surface area contributed by atoms with Crippen molar-refractivity contribution in [1.82, 2.24) is 4.72 Å². The maximum absolute atomic E-state index is 12.3. The Morgan fingerprint density at radius 3 is 2.33 bits per heavy atom. The summed E-state index contributed by atoms with van der Waals surface area (Å²) in [6.07, 6.45) is 0. The summed E-state index contributed by atoms with van der Waals surface area (Å²) < 4.78 is 27.1. The van der Waals surface area contributed by atoms with Crippen LogP contribution in [0.25, 0.3) is 0 Å². The van der Waals surface area contributed by atoms with E-state index < -0.39 is 10.0 Å². The summed E-state index contributed by atoms with van der Waals surface area (Å²) in [4.78, 5) is -0.0252. The van der Waals surface area contributed by atoms with E-state index >= 15 is 0 Å². The van der Waals surface area contributed by atoms with Crippen molar-refractivity contribution in [2.45, 2.75) is 25.0 Å². The molecule has 21 heavy (non-hydrogen) atoms. The Balaban J connectivity index is 2.20. The maximum atomic E-state index is 12.3. The zero-order chi connectivity index (χ0) is 15.5. The Bertz CT molecular complexity index is 727. The largest absolute Gasteiger partial charge is 0.392 e. The second-order valence-corrected chi connectivity index (χ2v) is 6.88. The molecule has 0 fully saturated rings. The molecule has 2 aromatic carbocycles. The first kappa shape index (κ1) is 16.0. The van der Waals surface area contributed by atoms with Crippen molar-refractivity contribution in [3.05, 3.63) is 64.2 Å². The standard InChI is InChI=1S/C15H16ClNO3S/c1-11-2-4-12(5-3-11)9-17-21(19,20)15-8-13(10-18)6-7-14(15)16/h2-8,17-18H,9-10H2,1H3. The van der Waals surface area contributed by atoms with Crippen molar-refractivity contribution in [2.24, 2.45) is 0 Å². The van der Waals surface area contributed by atoms with Crippen LogP contribution in [0.1, 0.15) is 16.7 Å². The SMILES string of the molecule is Cc1ccc(CNS(=O)(=O)c2cc(CO)ccc2Cl)cc1. The van der Waals surface area contributed by atoms with Gasteiger partial charge in [-0.15, -0.1) is 0 Å². The molecule has 0 saturated carbocycles. The zero-order valence-corrected chi connectivity index (χ0v) is 13.1. The molecule has 0 aliphatic heterocycles. The maximum Gasteiger partial charge on any atom is 0.242 e. The number of aliphatic hydroxyl groups is 1. The van der Waals surface area contributed by atoms with Gasteiger partial charge in [-0.05, 0) is 30.2 Å². The Kier molecular flexibility index (Phi) is 5.00. The third-order valence-corrected chi connectivity index (χ3v) is 4.94. The normalized spacial score (nSPS) is 11.6. The number of aliphatic hydroxyl groups excluding tert-OH is 1. The van der Waals surface area contributed by atoms with Gasteiger partial charge in [0.25, 0.3) is 0 Å². The molecule has 2 rings (SSSR count). The summed E-state index contributed by atoms with van der Waals surface area (Å²) >= 11 is 5.94. The molecule has 112 valence electrons. The van der Waals surface area contributed by atoms with E-state index in [0.717, 1.165) is 11.1 Å². The minimum absolute atomic E-state index is 0.0252. The van der Waals surface area contributed by atoms with Crippen molar-refractivity contribution >= 4 is 21.6 Å². The Morgan fingerprint density at radius 1 is 1.10 bits per heavy atom. The van der Waals surface area contributed by atoms with Gasteiger partial charge in [-0.25, -0.2) is 13.1 Å². The highest BCUT2D eigenvalue weighted by Crippen LogP contribution is 2.22.